The van der Waals surface area contributed by atoms with Crippen LogP contribution in [-0.4, -0.2) is 29.1 Å². The van der Waals surface area contributed by atoms with Gasteiger partial charge in [0, 0.05) is 54.6 Å². The second-order valence-corrected chi connectivity index (χ2v) is 32.1. The summed E-state index contributed by atoms with van der Waals surface area (Å²) >= 11 is 0. The fraction of sp³-hybridized carbons (Fsp3) is 0. The van der Waals surface area contributed by atoms with E-state index in [9.17, 15) is 0 Å². The van der Waals surface area contributed by atoms with Gasteiger partial charge in [-0.15, -0.1) is 0 Å². The van der Waals surface area contributed by atoms with Crippen LogP contribution in [0.25, 0.3) is 242 Å². The molecule has 0 aliphatic heterocycles. The zero-order chi connectivity index (χ0) is 81.7. The van der Waals surface area contributed by atoms with Crippen LogP contribution in [0.1, 0.15) is 0 Å². The molecule has 0 fully saturated rings. The summed E-state index contributed by atoms with van der Waals surface area (Å²) in [5, 5.41) is 19.5. The molecule has 6 heteroatoms. The molecule has 4 aromatic heterocycles. The number of hydrogen-bond donors (Lipinski definition) is 0. The highest BCUT2D eigenvalue weighted by atomic mass is 15.0. The van der Waals surface area contributed by atoms with E-state index in [1.54, 1.807) is 0 Å². The first kappa shape index (κ1) is 71.6. The largest absolute Gasteiger partial charge is 0.309 e. The van der Waals surface area contributed by atoms with E-state index >= 15 is 0 Å². The maximum atomic E-state index is 5.46. The monoisotopic (exact) mass is 1570 g/mol. The van der Waals surface area contributed by atoms with E-state index < -0.39 is 0 Å². The zero-order valence-electron chi connectivity index (χ0n) is 67.4. The van der Waals surface area contributed by atoms with Crippen LogP contribution >= 0.6 is 0 Å². The van der Waals surface area contributed by atoms with E-state index in [1.165, 1.54) is 126 Å². The molecule has 0 aliphatic carbocycles. The summed E-state index contributed by atoms with van der Waals surface area (Å²) in [6, 6.07) is 161. The predicted octanol–water partition coefficient (Wildman–Crippen LogP) is 31.4. The van der Waals surface area contributed by atoms with Gasteiger partial charge >= 0.3 is 0 Å². The summed E-state index contributed by atoms with van der Waals surface area (Å²) < 4.78 is 5.00. The number of aromatic nitrogens is 6. The van der Waals surface area contributed by atoms with E-state index in [0.717, 1.165) is 117 Å². The van der Waals surface area contributed by atoms with Gasteiger partial charge in [0.15, 0.2) is 0 Å². The van der Waals surface area contributed by atoms with E-state index in [4.69, 9.17) is 19.9 Å². The average molecular weight is 1580 g/mol. The van der Waals surface area contributed by atoms with Gasteiger partial charge in [-0.1, -0.05) is 376 Å². The molecule has 0 N–H and O–H groups in total. The van der Waals surface area contributed by atoms with Crippen molar-refractivity contribution in [3.8, 4) is 112 Å². The van der Waals surface area contributed by atoms with Gasteiger partial charge in [-0.3, -0.25) is 0 Å². The Morgan fingerprint density at radius 3 is 0.839 bits per heavy atom. The predicted molar refractivity (Wildman–Crippen MR) is 522 cm³/mol. The van der Waals surface area contributed by atoms with E-state index in [-0.39, 0.29) is 0 Å². The maximum absolute atomic E-state index is 5.46. The van der Waals surface area contributed by atoms with Crippen molar-refractivity contribution in [1.29, 1.82) is 0 Å². The SMILES string of the molecule is c1ccc(-c2ccc(-c3cccc(-c4nc5ccccc5nc4-c4cccc5c(-n6c7ccc8ccccc8c7c7c8ccccc8c(-c8ccccc8)cc76)cccc45)c3)cc2)cc1.c1ccc(-c2cccc(-c3nc4ccccc4nc3-c3cccc4c(-n5c6ccc7ccccc7c6c6c7ccccc7c(-c7ccccc7)cc65)cccc34)c2)cc1. The fourth-order valence-corrected chi connectivity index (χ4v) is 19.5. The van der Waals surface area contributed by atoms with E-state index in [1.807, 2.05) is 24.3 Å². The molecule has 6 nitrogen and oxygen atoms in total. The van der Waals surface area contributed by atoms with Gasteiger partial charge in [-0.2, -0.15) is 0 Å². The number of nitrogens with zero attached hydrogens (tertiary/aromatic N) is 6. The molecule has 25 rings (SSSR count). The number of benzene rings is 21. The molecule has 0 amide bonds. The third-order valence-corrected chi connectivity index (χ3v) is 25.1. The fourth-order valence-electron chi connectivity index (χ4n) is 19.5. The van der Waals surface area contributed by atoms with Crippen LogP contribution in [0.2, 0.25) is 0 Å². The van der Waals surface area contributed by atoms with Gasteiger partial charge in [0.25, 0.3) is 0 Å². The van der Waals surface area contributed by atoms with Crippen molar-refractivity contribution in [2.24, 2.45) is 0 Å². The van der Waals surface area contributed by atoms with Crippen LogP contribution in [0.3, 0.4) is 0 Å². The summed E-state index contributed by atoms with van der Waals surface area (Å²) in [6.07, 6.45) is 0. The summed E-state index contributed by atoms with van der Waals surface area (Å²) in [4.78, 5) is 21.6. The smallest absolute Gasteiger partial charge is 0.0979 e. The Morgan fingerprint density at radius 2 is 0.419 bits per heavy atom. The Balaban J connectivity index is 0.000000140. The van der Waals surface area contributed by atoms with Crippen molar-refractivity contribution in [2.75, 3.05) is 0 Å². The number of para-hydroxylation sites is 4. The van der Waals surface area contributed by atoms with E-state index in [2.05, 4.69) is 434 Å². The van der Waals surface area contributed by atoms with Crippen molar-refractivity contribution in [1.82, 2.24) is 29.1 Å². The summed E-state index contributed by atoms with van der Waals surface area (Å²) in [5.74, 6) is 0. The topological polar surface area (TPSA) is 61.4 Å². The first-order chi connectivity index (χ1) is 61.5. The van der Waals surface area contributed by atoms with Gasteiger partial charge in [-0.25, -0.2) is 19.9 Å². The number of rotatable bonds is 11. The maximum Gasteiger partial charge on any atom is 0.0979 e. The van der Waals surface area contributed by atoms with Crippen LogP contribution in [0.4, 0.5) is 0 Å². The molecule has 0 bridgehead atoms. The van der Waals surface area contributed by atoms with Crippen LogP contribution in [0.15, 0.2) is 449 Å². The van der Waals surface area contributed by atoms with Crippen LogP contribution in [-0.2, 0) is 0 Å². The highest BCUT2D eigenvalue weighted by Gasteiger charge is 2.27. The van der Waals surface area contributed by atoms with Crippen molar-refractivity contribution >= 4 is 130 Å². The van der Waals surface area contributed by atoms with Crippen molar-refractivity contribution < 1.29 is 0 Å². The van der Waals surface area contributed by atoms with Crippen LogP contribution in [0.5, 0.6) is 0 Å². The molecule has 124 heavy (non-hydrogen) atoms. The molecule has 0 unspecified atom stereocenters. The van der Waals surface area contributed by atoms with Gasteiger partial charge < -0.3 is 9.13 Å². The second-order valence-electron chi connectivity index (χ2n) is 32.1. The highest BCUT2D eigenvalue weighted by molar-refractivity contribution is 6.32. The number of hydrogen-bond acceptors (Lipinski definition) is 4. The van der Waals surface area contributed by atoms with Gasteiger partial charge in [0.05, 0.1) is 78.3 Å². The molecule has 0 saturated carbocycles. The van der Waals surface area contributed by atoms with Gasteiger partial charge in [-0.05, 0) is 182 Å². The quantitative estimate of drug-likeness (QED) is 0.129. The van der Waals surface area contributed by atoms with Crippen molar-refractivity contribution in [3.63, 3.8) is 0 Å². The Kier molecular flexibility index (Phi) is 17.2. The van der Waals surface area contributed by atoms with Crippen molar-refractivity contribution in [2.45, 2.75) is 0 Å². The minimum Gasteiger partial charge on any atom is -0.309 e. The summed E-state index contributed by atoms with van der Waals surface area (Å²) in [7, 11) is 0. The summed E-state index contributed by atoms with van der Waals surface area (Å²) in [6.45, 7) is 0. The van der Waals surface area contributed by atoms with Gasteiger partial charge in [0.1, 0.15) is 0 Å². The minimum atomic E-state index is 0.853. The lowest BCUT2D eigenvalue weighted by Gasteiger charge is -2.17. The molecule has 21 aromatic carbocycles. The first-order valence-electron chi connectivity index (χ1n) is 42.4. The van der Waals surface area contributed by atoms with Gasteiger partial charge in [0.2, 0.25) is 0 Å². The average Bonchev–Trinajstić information content (AvgIpc) is 1.55. The molecule has 4 heterocycles. The lowest BCUT2D eigenvalue weighted by Crippen LogP contribution is -1.99. The van der Waals surface area contributed by atoms with Crippen molar-refractivity contribution in [3.05, 3.63) is 449 Å². The molecule has 25 aromatic rings. The molecule has 576 valence electrons. The molecule has 0 saturated heterocycles. The Labute approximate surface area is 715 Å². The Morgan fingerprint density at radius 1 is 0.145 bits per heavy atom. The van der Waals surface area contributed by atoms with Crippen LogP contribution < -0.4 is 0 Å². The zero-order valence-corrected chi connectivity index (χ0v) is 67.4. The highest BCUT2D eigenvalue weighted by Crippen LogP contribution is 2.50. The van der Waals surface area contributed by atoms with E-state index in [0.29, 0.717) is 0 Å². The molecular weight excluding hydrogens is 1500 g/mol. The summed E-state index contributed by atoms with van der Waals surface area (Å²) in [5.41, 5.74) is 29.8. The molecule has 0 aliphatic rings. The third kappa shape index (κ3) is 12.0. The molecular formula is C118H74N6. The second kappa shape index (κ2) is 29.8. The molecule has 0 spiro atoms. The third-order valence-electron chi connectivity index (χ3n) is 25.1. The molecule has 0 radical (unpaired) electrons. The lowest BCUT2D eigenvalue weighted by atomic mass is 9.94. The van der Waals surface area contributed by atoms with Crippen LogP contribution in [0, 0.1) is 0 Å². The standard InChI is InChI=1S/C62H39N3.C56H35N3/c1-3-16-40(17-4-1)41-32-34-42(35-33-41)45-21-13-22-46(38-45)61-62(64-55-30-12-11-29-54(55)63-61)52-28-14-27-50-48(52)26-15-31-56(50)65-57-37-36-44-20-7-8-23-47(44)59(57)60-51-25-10-9-24-49(51)53(39-58(60)65)43-18-5-2-6-19-43;1-3-16-36(17-4-1)39-21-13-22-40(34-39)55-56(58-49-30-12-11-29-48(49)57-55)46-28-14-27-44-42(46)26-15-31-50(44)59-51-33-32-38-20-7-8-23-41(38)53(51)54-45-25-10-9-24-43(45)47(35-52(54)59)37-18-5-2-6-19-37/h1-39H;1-35H. The molecule has 0 atom stereocenters. The Bertz CT molecular complexity index is 8590. The minimum absolute atomic E-state index is 0.853. The Hall–Kier alpha value is -16.5. The number of fused-ring (bicyclic) bond motifs is 18. The lowest BCUT2D eigenvalue weighted by molar-refractivity contribution is 1.20. The first-order valence-corrected chi connectivity index (χ1v) is 42.4. The normalized spacial score (nSPS) is 11.7.